The summed E-state index contributed by atoms with van der Waals surface area (Å²) in [4.78, 5) is 20.7. The number of nitrogens with one attached hydrogen (secondary N) is 1. The minimum Gasteiger partial charge on any atom is -0.495 e. The molecule has 5 aromatic rings. The van der Waals surface area contributed by atoms with Crippen LogP contribution in [0, 0.1) is 0 Å². The van der Waals surface area contributed by atoms with Crippen molar-refractivity contribution in [2.45, 2.75) is 0 Å². The number of rotatable bonds is 6. The van der Waals surface area contributed by atoms with Crippen LogP contribution >= 0.6 is 0 Å². The number of carbonyl (C=O) groups excluding carboxylic acids is 1. The second-order valence-electron chi connectivity index (χ2n) is 10.6. The van der Waals surface area contributed by atoms with Crippen LogP contribution in [0.3, 0.4) is 0 Å². The third-order valence-electron chi connectivity index (χ3n) is 8.09. The smallest absolute Gasteiger partial charge is 0.196 e. The van der Waals surface area contributed by atoms with Crippen molar-refractivity contribution < 1.29 is 14.1 Å². The Morgan fingerprint density at radius 2 is 1.51 bits per heavy atom. The van der Waals surface area contributed by atoms with Gasteiger partial charge in [0.05, 0.1) is 35.1 Å². The second kappa shape index (κ2) is 9.89. The first-order valence-corrected chi connectivity index (χ1v) is 13.8. The van der Waals surface area contributed by atoms with E-state index < -0.39 is 0 Å². The molecule has 1 fully saturated rings. The van der Waals surface area contributed by atoms with Crippen LogP contribution in [-0.2, 0) is 0 Å². The largest absolute Gasteiger partial charge is 0.495 e. The van der Waals surface area contributed by atoms with E-state index in [4.69, 9.17) is 9.26 Å². The third kappa shape index (κ3) is 4.14. The molecule has 1 aliphatic carbocycles. The van der Waals surface area contributed by atoms with E-state index in [1.165, 1.54) is 0 Å². The highest BCUT2D eigenvalue weighted by Crippen LogP contribution is 2.46. The van der Waals surface area contributed by atoms with Crippen LogP contribution in [0.15, 0.2) is 83.4 Å². The standard InChI is InChI=1S/C33H31N5O3/c1-36(2)22-14-12-21(13-15-22)34-25-20-27(38-18-16-37(17-19-38)26-10-6-7-11-28(26)40-3)31-30-29(25)32(39)23-8-4-5-9-24(23)33(30)41-35-31/h4-15,20,34H,16-19H2,1-3H3. The highest BCUT2D eigenvalue weighted by atomic mass is 16.5. The second-order valence-corrected chi connectivity index (χ2v) is 10.6. The fourth-order valence-corrected chi connectivity index (χ4v) is 5.96. The molecule has 7 rings (SSSR count). The van der Waals surface area contributed by atoms with Gasteiger partial charge in [0, 0.05) is 62.8 Å². The third-order valence-corrected chi connectivity index (χ3v) is 8.09. The van der Waals surface area contributed by atoms with E-state index >= 15 is 0 Å². The van der Waals surface area contributed by atoms with Crippen LogP contribution in [-0.4, -0.2) is 58.3 Å². The molecule has 0 atom stereocenters. The molecule has 0 radical (unpaired) electrons. The van der Waals surface area contributed by atoms with E-state index in [2.05, 4.69) is 49.4 Å². The summed E-state index contributed by atoms with van der Waals surface area (Å²) in [7, 11) is 5.75. The van der Waals surface area contributed by atoms with Gasteiger partial charge in [-0.05, 0) is 42.5 Å². The minimum atomic E-state index is -0.0266. The van der Waals surface area contributed by atoms with Crippen molar-refractivity contribution in [2.75, 3.05) is 67.4 Å². The average Bonchev–Trinajstić information content (AvgIpc) is 3.46. The molecule has 8 nitrogen and oxygen atoms in total. The molecular formula is C33H31N5O3. The molecular weight excluding hydrogens is 514 g/mol. The van der Waals surface area contributed by atoms with Crippen molar-refractivity contribution >= 4 is 45.1 Å². The van der Waals surface area contributed by atoms with Gasteiger partial charge in [0.25, 0.3) is 0 Å². The number of hydrogen-bond donors (Lipinski definition) is 1. The van der Waals surface area contributed by atoms with E-state index in [-0.39, 0.29) is 5.78 Å². The number of methoxy groups -OCH3 is 1. The van der Waals surface area contributed by atoms with Crippen LogP contribution in [0.5, 0.6) is 5.75 Å². The highest BCUT2D eigenvalue weighted by molar-refractivity contribution is 6.28. The molecule has 1 aromatic heterocycles. The molecule has 0 amide bonds. The molecule has 1 saturated heterocycles. The van der Waals surface area contributed by atoms with Crippen LogP contribution in [0.1, 0.15) is 15.9 Å². The SMILES string of the molecule is COc1ccccc1N1CCN(c2cc(Nc3ccc(N(C)C)cc3)c3c4c(onc24)-c2ccccc2C3=O)CC1. The zero-order valence-electron chi connectivity index (χ0n) is 23.3. The number of anilines is 5. The number of nitrogens with zero attached hydrogens (tertiary/aromatic N) is 4. The number of ketones is 1. The van der Waals surface area contributed by atoms with Crippen molar-refractivity contribution in [2.24, 2.45) is 0 Å². The summed E-state index contributed by atoms with van der Waals surface area (Å²) in [5.74, 6) is 1.49. The highest BCUT2D eigenvalue weighted by Gasteiger charge is 2.34. The number of benzene rings is 4. The molecule has 0 bridgehead atoms. The van der Waals surface area contributed by atoms with Crippen LogP contribution < -0.4 is 24.8 Å². The Hall–Kier alpha value is -4.98. The van der Waals surface area contributed by atoms with Gasteiger partial charge in [-0.25, -0.2) is 0 Å². The average molecular weight is 546 g/mol. The van der Waals surface area contributed by atoms with Gasteiger partial charge >= 0.3 is 0 Å². The Balaban J connectivity index is 1.30. The van der Waals surface area contributed by atoms with Crippen molar-refractivity contribution in [3.05, 3.63) is 90.0 Å². The number of ether oxygens (including phenoxy) is 1. The predicted molar refractivity (Wildman–Crippen MR) is 164 cm³/mol. The molecule has 1 N–H and O–H groups in total. The lowest BCUT2D eigenvalue weighted by atomic mass is 9.86. The Bertz CT molecular complexity index is 1770. The Morgan fingerprint density at radius 1 is 0.854 bits per heavy atom. The molecule has 4 aromatic carbocycles. The monoisotopic (exact) mass is 545 g/mol. The molecule has 0 spiro atoms. The number of para-hydroxylation sites is 2. The van der Waals surface area contributed by atoms with Gasteiger partial charge in [0.2, 0.25) is 0 Å². The number of piperazine rings is 1. The van der Waals surface area contributed by atoms with E-state index in [0.717, 1.165) is 76.8 Å². The lowest BCUT2D eigenvalue weighted by molar-refractivity contribution is 0.104. The summed E-state index contributed by atoms with van der Waals surface area (Å²) in [5.41, 5.74) is 7.54. The summed E-state index contributed by atoms with van der Waals surface area (Å²) in [6.07, 6.45) is 0. The quantitative estimate of drug-likeness (QED) is 0.266. The van der Waals surface area contributed by atoms with Gasteiger partial charge in [-0.2, -0.15) is 0 Å². The Labute approximate surface area is 238 Å². The van der Waals surface area contributed by atoms with Crippen molar-refractivity contribution in [1.82, 2.24) is 5.16 Å². The van der Waals surface area contributed by atoms with Crippen LogP contribution in [0.2, 0.25) is 0 Å². The maximum Gasteiger partial charge on any atom is 0.196 e. The summed E-state index contributed by atoms with van der Waals surface area (Å²) in [6.45, 7) is 3.22. The maximum atomic E-state index is 13.9. The number of fused-ring (bicyclic) bond motifs is 2. The van der Waals surface area contributed by atoms with E-state index in [0.29, 0.717) is 16.9 Å². The fraction of sp³-hybridized carbons (Fsp3) is 0.212. The van der Waals surface area contributed by atoms with Crippen molar-refractivity contribution in [3.63, 3.8) is 0 Å². The first kappa shape index (κ1) is 25.0. The minimum absolute atomic E-state index is 0.0266. The Morgan fingerprint density at radius 3 is 2.22 bits per heavy atom. The zero-order valence-corrected chi connectivity index (χ0v) is 23.3. The van der Waals surface area contributed by atoms with Gasteiger partial charge in [-0.15, -0.1) is 0 Å². The van der Waals surface area contributed by atoms with Gasteiger partial charge in [0.15, 0.2) is 11.5 Å². The fourth-order valence-electron chi connectivity index (χ4n) is 5.96. The summed E-state index contributed by atoms with van der Waals surface area (Å²) in [6, 6.07) is 26.0. The molecule has 8 heteroatoms. The zero-order chi connectivity index (χ0) is 28.1. The number of hydrogen-bond acceptors (Lipinski definition) is 8. The van der Waals surface area contributed by atoms with Gasteiger partial charge < -0.3 is 29.3 Å². The molecule has 206 valence electrons. The van der Waals surface area contributed by atoms with Crippen LogP contribution in [0.25, 0.3) is 22.2 Å². The number of carbonyl (C=O) groups is 1. The van der Waals surface area contributed by atoms with E-state index in [9.17, 15) is 4.79 Å². The number of aromatic nitrogens is 1. The van der Waals surface area contributed by atoms with E-state index in [1.807, 2.05) is 68.7 Å². The summed E-state index contributed by atoms with van der Waals surface area (Å²) in [5, 5.41) is 8.88. The summed E-state index contributed by atoms with van der Waals surface area (Å²) >= 11 is 0. The predicted octanol–water partition coefficient (Wildman–Crippen LogP) is 6.18. The first-order chi connectivity index (χ1) is 20.0. The molecule has 2 aliphatic rings. The maximum absolute atomic E-state index is 13.9. The summed E-state index contributed by atoms with van der Waals surface area (Å²) < 4.78 is 11.6. The van der Waals surface area contributed by atoms with Gasteiger partial charge in [-0.3, -0.25) is 4.79 Å². The normalized spacial score (nSPS) is 14.3. The molecule has 0 unspecified atom stereocenters. The molecule has 41 heavy (non-hydrogen) atoms. The van der Waals surface area contributed by atoms with E-state index in [1.54, 1.807) is 7.11 Å². The lowest BCUT2D eigenvalue weighted by Gasteiger charge is -2.38. The van der Waals surface area contributed by atoms with Gasteiger partial charge in [0.1, 0.15) is 11.3 Å². The first-order valence-electron chi connectivity index (χ1n) is 13.8. The van der Waals surface area contributed by atoms with Gasteiger partial charge in [-0.1, -0.05) is 41.6 Å². The molecule has 2 heterocycles. The van der Waals surface area contributed by atoms with Crippen LogP contribution in [0.4, 0.5) is 28.4 Å². The van der Waals surface area contributed by atoms with Crippen molar-refractivity contribution in [1.29, 1.82) is 0 Å². The Kier molecular flexibility index (Phi) is 6.03. The topological polar surface area (TPSA) is 74.1 Å². The molecule has 1 aliphatic heterocycles. The van der Waals surface area contributed by atoms with Crippen molar-refractivity contribution in [3.8, 4) is 17.1 Å². The lowest BCUT2D eigenvalue weighted by Crippen LogP contribution is -2.46. The molecule has 0 saturated carbocycles.